The Morgan fingerprint density at radius 3 is 2.83 bits per heavy atom. The summed E-state index contributed by atoms with van der Waals surface area (Å²) in [7, 11) is 0. The van der Waals surface area contributed by atoms with Crippen LogP contribution in [0.1, 0.15) is 31.7 Å². The number of nitrogens with zero attached hydrogens (tertiary/aromatic N) is 1. The van der Waals surface area contributed by atoms with E-state index in [9.17, 15) is 14.0 Å². The van der Waals surface area contributed by atoms with Gasteiger partial charge in [0.2, 0.25) is 11.8 Å². The number of rotatable bonds is 6. The van der Waals surface area contributed by atoms with Crippen molar-refractivity contribution in [2.45, 2.75) is 39.2 Å². The molecule has 1 aromatic rings. The van der Waals surface area contributed by atoms with Crippen LogP contribution in [0.4, 0.5) is 10.1 Å². The number of carbonyl (C=O) groups is 2. The lowest BCUT2D eigenvalue weighted by molar-refractivity contribution is -0.181. The van der Waals surface area contributed by atoms with Gasteiger partial charge in [-0.15, -0.1) is 0 Å². The first-order chi connectivity index (χ1) is 11.5. The van der Waals surface area contributed by atoms with Crippen molar-refractivity contribution in [2.75, 3.05) is 25.0 Å². The average Bonchev–Trinajstić information content (AvgIpc) is 2.56. The van der Waals surface area contributed by atoms with E-state index in [-0.39, 0.29) is 24.1 Å². The van der Waals surface area contributed by atoms with Crippen LogP contribution in [-0.2, 0) is 14.4 Å². The molecule has 0 aromatic heterocycles. The molecular formula is C17H24FN3O3. The lowest BCUT2D eigenvalue weighted by Gasteiger charge is -2.25. The van der Waals surface area contributed by atoms with Crippen LogP contribution in [0.3, 0.4) is 0 Å². The van der Waals surface area contributed by atoms with Gasteiger partial charge in [-0.3, -0.25) is 14.4 Å². The van der Waals surface area contributed by atoms with E-state index in [1.54, 1.807) is 18.9 Å². The molecule has 0 unspecified atom stereocenters. The normalized spacial score (nSPS) is 16.5. The Bertz CT molecular complexity index is 588. The zero-order valence-electron chi connectivity index (χ0n) is 14.1. The molecule has 24 heavy (non-hydrogen) atoms. The molecule has 2 rings (SSSR count). The lowest BCUT2D eigenvalue weighted by atomic mass is 10.2. The zero-order valence-corrected chi connectivity index (χ0v) is 14.1. The van der Waals surface area contributed by atoms with Crippen molar-refractivity contribution in [1.82, 2.24) is 10.4 Å². The monoisotopic (exact) mass is 337 g/mol. The Morgan fingerprint density at radius 1 is 1.38 bits per heavy atom. The summed E-state index contributed by atoms with van der Waals surface area (Å²) in [5.74, 6) is -0.901. The van der Waals surface area contributed by atoms with E-state index in [4.69, 9.17) is 4.84 Å². The zero-order chi connectivity index (χ0) is 17.5. The number of nitrogens with one attached hydrogen (secondary N) is 2. The number of hydrogen-bond acceptors (Lipinski definition) is 4. The number of amides is 2. The predicted molar refractivity (Wildman–Crippen MR) is 88.7 cm³/mol. The maximum Gasteiger partial charge on any atom is 0.246 e. The van der Waals surface area contributed by atoms with Crippen molar-refractivity contribution in [2.24, 2.45) is 0 Å². The van der Waals surface area contributed by atoms with Crippen LogP contribution in [0.5, 0.6) is 0 Å². The third-order valence-corrected chi connectivity index (χ3v) is 3.88. The van der Waals surface area contributed by atoms with Crippen molar-refractivity contribution in [3.05, 3.63) is 29.6 Å². The molecule has 1 saturated heterocycles. The van der Waals surface area contributed by atoms with E-state index in [2.05, 4.69) is 10.6 Å². The van der Waals surface area contributed by atoms with Crippen molar-refractivity contribution in [3.63, 3.8) is 0 Å². The van der Waals surface area contributed by atoms with Gasteiger partial charge in [-0.1, -0.05) is 0 Å². The summed E-state index contributed by atoms with van der Waals surface area (Å²) < 4.78 is 13.1. The first-order valence-corrected chi connectivity index (χ1v) is 8.20. The van der Waals surface area contributed by atoms with Gasteiger partial charge in [0.25, 0.3) is 0 Å². The van der Waals surface area contributed by atoms with Gasteiger partial charge in [0.1, 0.15) is 11.9 Å². The van der Waals surface area contributed by atoms with Gasteiger partial charge in [-0.05, 0) is 50.5 Å². The molecule has 1 aliphatic heterocycles. The Kier molecular flexibility index (Phi) is 6.69. The molecule has 7 heteroatoms. The standard InChI is InChI=1S/C17H24FN3O3/c1-12-11-14(18)5-6-15(12)20-17(23)13(2)19-16(22)7-9-21-8-3-4-10-24-21/h5-6,11,13H,3-4,7-10H2,1-2H3,(H,19,22)(H,20,23)/t13-/m0/s1. The summed E-state index contributed by atoms with van der Waals surface area (Å²) in [6.07, 6.45) is 2.38. The van der Waals surface area contributed by atoms with Gasteiger partial charge in [-0.2, -0.15) is 5.06 Å². The predicted octanol–water partition coefficient (Wildman–Crippen LogP) is 1.99. The summed E-state index contributed by atoms with van der Waals surface area (Å²) in [6.45, 7) is 5.35. The van der Waals surface area contributed by atoms with Gasteiger partial charge in [0, 0.05) is 25.2 Å². The van der Waals surface area contributed by atoms with Gasteiger partial charge in [0.05, 0.1) is 6.61 Å². The second kappa shape index (κ2) is 8.75. The topological polar surface area (TPSA) is 70.7 Å². The van der Waals surface area contributed by atoms with E-state index in [0.29, 0.717) is 24.4 Å². The molecule has 0 bridgehead atoms. The Morgan fingerprint density at radius 2 is 2.17 bits per heavy atom. The quantitative estimate of drug-likeness (QED) is 0.833. The van der Waals surface area contributed by atoms with Gasteiger partial charge >= 0.3 is 0 Å². The largest absolute Gasteiger partial charge is 0.345 e. The maximum atomic E-state index is 13.1. The number of benzene rings is 1. The molecule has 0 saturated carbocycles. The average molecular weight is 337 g/mol. The highest BCUT2D eigenvalue weighted by Gasteiger charge is 2.18. The van der Waals surface area contributed by atoms with Crippen LogP contribution in [0.15, 0.2) is 18.2 Å². The second-order valence-electron chi connectivity index (χ2n) is 5.96. The molecule has 0 aliphatic carbocycles. The lowest BCUT2D eigenvalue weighted by Crippen LogP contribution is -2.43. The van der Waals surface area contributed by atoms with E-state index >= 15 is 0 Å². The third-order valence-electron chi connectivity index (χ3n) is 3.88. The van der Waals surface area contributed by atoms with Gasteiger partial charge in [-0.25, -0.2) is 4.39 Å². The van der Waals surface area contributed by atoms with Crippen molar-refractivity contribution in [1.29, 1.82) is 0 Å². The third kappa shape index (κ3) is 5.58. The summed E-state index contributed by atoms with van der Waals surface area (Å²) >= 11 is 0. The fraction of sp³-hybridized carbons (Fsp3) is 0.529. The number of hydrogen-bond donors (Lipinski definition) is 2. The smallest absolute Gasteiger partial charge is 0.246 e. The van der Waals surface area contributed by atoms with Crippen LogP contribution < -0.4 is 10.6 Å². The van der Waals surface area contributed by atoms with Crippen molar-refractivity contribution >= 4 is 17.5 Å². The first kappa shape index (κ1) is 18.4. The highest BCUT2D eigenvalue weighted by atomic mass is 19.1. The molecular weight excluding hydrogens is 313 g/mol. The van der Waals surface area contributed by atoms with Gasteiger partial charge < -0.3 is 10.6 Å². The van der Waals surface area contributed by atoms with Crippen LogP contribution in [-0.4, -0.2) is 42.6 Å². The fourth-order valence-corrected chi connectivity index (χ4v) is 2.44. The second-order valence-corrected chi connectivity index (χ2v) is 5.96. The van der Waals surface area contributed by atoms with Crippen molar-refractivity contribution in [3.8, 4) is 0 Å². The molecule has 1 aliphatic rings. The minimum atomic E-state index is -0.677. The van der Waals surface area contributed by atoms with E-state index in [1.165, 1.54) is 18.2 Å². The van der Waals surface area contributed by atoms with Crippen LogP contribution in [0.2, 0.25) is 0 Å². The molecule has 0 spiro atoms. The summed E-state index contributed by atoms with van der Waals surface area (Å²) in [4.78, 5) is 29.5. The molecule has 1 fully saturated rings. The van der Waals surface area contributed by atoms with Gasteiger partial charge in [0.15, 0.2) is 0 Å². The summed E-state index contributed by atoms with van der Waals surface area (Å²) in [5.41, 5.74) is 1.16. The summed E-state index contributed by atoms with van der Waals surface area (Å²) in [6, 6.07) is 3.46. The molecule has 2 N–H and O–H groups in total. The Hall–Kier alpha value is -1.99. The molecule has 1 heterocycles. The molecule has 132 valence electrons. The number of aryl methyl sites for hydroxylation is 1. The number of hydroxylamine groups is 2. The molecule has 1 atom stereocenters. The number of carbonyl (C=O) groups excluding carboxylic acids is 2. The van der Waals surface area contributed by atoms with E-state index in [1.807, 2.05) is 0 Å². The van der Waals surface area contributed by atoms with E-state index in [0.717, 1.165) is 19.4 Å². The number of anilines is 1. The fourth-order valence-electron chi connectivity index (χ4n) is 2.44. The SMILES string of the molecule is Cc1cc(F)ccc1NC(=O)[C@H](C)NC(=O)CCN1CCCCO1. The van der Waals surface area contributed by atoms with Crippen LogP contribution in [0.25, 0.3) is 0 Å². The molecule has 1 aromatic carbocycles. The highest BCUT2D eigenvalue weighted by Crippen LogP contribution is 2.15. The highest BCUT2D eigenvalue weighted by molar-refractivity contribution is 5.97. The van der Waals surface area contributed by atoms with Crippen molar-refractivity contribution < 1.29 is 18.8 Å². The minimum Gasteiger partial charge on any atom is -0.345 e. The molecule has 0 radical (unpaired) electrons. The minimum absolute atomic E-state index is 0.206. The Balaban J connectivity index is 1.76. The van der Waals surface area contributed by atoms with Crippen LogP contribution in [0, 0.1) is 12.7 Å². The molecule has 2 amide bonds. The molecule has 6 nitrogen and oxygen atoms in total. The number of halogens is 1. The van der Waals surface area contributed by atoms with E-state index < -0.39 is 6.04 Å². The summed E-state index contributed by atoms with van der Waals surface area (Å²) in [5, 5.41) is 7.14. The Labute approximate surface area is 141 Å². The van der Waals surface area contributed by atoms with Crippen LogP contribution >= 0.6 is 0 Å². The maximum absolute atomic E-state index is 13.1. The first-order valence-electron chi connectivity index (χ1n) is 8.20.